The molecule has 0 spiro atoms. The monoisotopic (exact) mass is 265 g/mol. The van der Waals surface area contributed by atoms with Crippen molar-refractivity contribution in [2.24, 2.45) is 7.05 Å². The second kappa shape index (κ2) is 7.11. The first-order chi connectivity index (χ1) is 9.20. The number of nitrogens with one attached hydrogen (secondary N) is 1. The van der Waals surface area contributed by atoms with Crippen molar-refractivity contribution in [3.05, 3.63) is 24.0 Å². The van der Waals surface area contributed by atoms with Crippen LogP contribution >= 0.6 is 0 Å². The number of aryl methyl sites for hydroxylation is 1. The third-order valence-corrected chi connectivity index (χ3v) is 4.61. The Morgan fingerprint density at radius 2 is 2.11 bits per heavy atom. The second-order valence-electron chi connectivity index (χ2n) is 6.05. The van der Waals surface area contributed by atoms with E-state index in [1.165, 1.54) is 37.8 Å². The van der Waals surface area contributed by atoms with Crippen LogP contribution in [0.5, 0.6) is 0 Å². The third-order valence-electron chi connectivity index (χ3n) is 4.61. The molecule has 1 unspecified atom stereocenters. The number of hydrogen-bond donors (Lipinski definition) is 2. The summed E-state index contributed by atoms with van der Waals surface area (Å²) in [7, 11) is 2.12. The minimum atomic E-state index is -0.155. The fourth-order valence-electron chi connectivity index (χ4n) is 3.25. The lowest BCUT2D eigenvalue weighted by atomic mass is 9.93. The van der Waals surface area contributed by atoms with E-state index in [0.29, 0.717) is 0 Å². The van der Waals surface area contributed by atoms with Gasteiger partial charge in [-0.1, -0.05) is 13.3 Å². The van der Waals surface area contributed by atoms with Crippen LogP contribution in [0.3, 0.4) is 0 Å². The first kappa shape index (κ1) is 14.6. The van der Waals surface area contributed by atoms with Crippen molar-refractivity contribution in [1.82, 2.24) is 4.57 Å². The van der Waals surface area contributed by atoms with Gasteiger partial charge in [0.05, 0.1) is 11.7 Å². The molecule has 1 fully saturated rings. The Morgan fingerprint density at radius 3 is 2.68 bits per heavy atom. The molecule has 1 heterocycles. The van der Waals surface area contributed by atoms with Gasteiger partial charge in [-0.2, -0.15) is 0 Å². The van der Waals surface area contributed by atoms with E-state index in [1.807, 2.05) is 0 Å². The van der Waals surface area contributed by atoms with E-state index in [-0.39, 0.29) is 6.10 Å². The minimum Gasteiger partial charge on any atom is -0.387 e. The quantitative estimate of drug-likeness (QED) is 0.802. The SMILES string of the molecule is CC[C@H](O)C[NH+](Cc1cccn1C)C1CCCCC1. The Labute approximate surface area is 117 Å². The van der Waals surface area contributed by atoms with Crippen LogP contribution in [0.2, 0.25) is 0 Å². The van der Waals surface area contributed by atoms with Crippen molar-refractivity contribution < 1.29 is 10.0 Å². The number of quaternary nitrogens is 1. The van der Waals surface area contributed by atoms with E-state index in [4.69, 9.17) is 0 Å². The molecule has 0 saturated heterocycles. The zero-order chi connectivity index (χ0) is 13.7. The maximum Gasteiger partial charge on any atom is 0.118 e. The molecule has 1 aromatic heterocycles. The lowest BCUT2D eigenvalue weighted by molar-refractivity contribution is -0.943. The molecule has 3 nitrogen and oxygen atoms in total. The molecule has 1 aromatic rings. The summed E-state index contributed by atoms with van der Waals surface area (Å²) in [6, 6.07) is 5.07. The van der Waals surface area contributed by atoms with Gasteiger partial charge in [0.15, 0.2) is 0 Å². The Hall–Kier alpha value is -0.800. The fraction of sp³-hybridized carbons (Fsp3) is 0.750. The summed E-state index contributed by atoms with van der Waals surface area (Å²) in [6.45, 7) is 4.02. The lowest BCUT2D eigenvalue weighted by Crippen LogP contribution is -3.15. The van der Waals surface area contributed by atoms with Crippen molar-refractivity contribution >= 4 is 0 Å². The molecule has 0 aromatic carbocycles. The van der Waals surface area contributed by atoms with Gasteiger partial charge < -0.3 is 14.6 Å². The summed E-state index contributed by atoms with van der Waals surface area (Å²) in [4.78, 5) is 1.58. The molecule has 1 saturated carbocycles. The number of hydrogen-bond acceptors (Lipinski definition) is 1. The fourth-order valence-corrected chi connectivity index (χ4v) is 3.25. The van der Waals surface area contributed by atoms with Crippen LogP contribution in [0.4, 0.5) is 0 Å². The van der Waals surface area contributed by atoms with Crippen molar-refractivity contribution in [2.45, 2.75) is 64.1 Å². The average Bonchev–Trinajstić information content (AvgIpc) is 2.84. The molecule has 0 bridgehead atoms. The van der Waals surface area contributed by atoms with Crippen molar-refractivity contribution in [2.75, 3.05) is 6.54 Å². The van der Waals surface area contributed by atoms with E-state index in [2.05, 4.69) is 36.9 Å². The van der Waals surface area contributed by atoms with Gasteiger partial charge in [-0.3, -0.25) is 0 Å². The Kier molecular flexibility index (Phi) is 5.46. The molecule has 2 rings (SSSR count). The molecule has 3 heteroatoms. The summed E-state index contributed by atoms with van der Waals surface area (Å²) < 4.78 is 2.21. The molecule has 0 amide bonds. The molecular weight excluding hydrogens is 236 g/mol. The number of aliphatic hydroxyl groups is 1. The van der Waals surface area contributed by atoms with Gasteiger partial charge in [0, 0.05) is 13.2 Å². The van der Waals surface area contributed by atoms with Gasteiger partial charge in [0.1, 0.15) is 19.2 Å². The number of nitrogens with zero attached hydrogens (tertiary/aromatic N) is 1. The van der Waals surface area contributed by atoms with Crippen LogP contribution in [0.1, 0.15) is 51.1 Å². The standard InChI is InChI=1S/C16H28N2O/c1-3-16(19)13-18(14-8-5-4-6-9-14)12-15-10-7-11-17(15)2/h7,10-11,14,16,19H,3-6,8-9,12-13H2,1-2H3/p+1/t16-/m0/s1. The maximum atomic E-state index is 10.0. The Morgan fingerprint density at radius 1 is 1.37 bits per heavy atom. The first-order valence-electron chi connectivity index (χ1n) is 7.83. The Bertz CT molecular complexity index is 369. The van der Waals surface area contributed by atoms with Gasteiger partial charge >= 0.3 is 0 Å². The summed E-state index contributed by atoms with van der Waals surface area (Å²) in [6.07, 6.45) is 9.61. The number of rotatable bonds is 6. The molecule has 2 atom stereocenters. The molecule has 108 valence electrons. The van der Waals surface area contributed by atoms with Crippen molar-refractivity contribution in [3.63, 3.8) is 0 Å². The zero-order valence-corrected chi connectivity index (χ0v) is 12.4. The average molecular weight is 265 g/mol. The Balaban J connectivity index is 2.02. The summed E-state index contributed by atoms with van der Waals surface area (Å²) >= 11 is 0. The van der Waals surface area contributed by atoms with E-state index in [0.717, 1.165) is 25.6 Å². The highest BCUT2D eigenvalue weighted by molar-refractivity contribution is 5.04. The van der Waals surface area contributed by atoms with Gasteiger partial charge in [-0.25, -0.2) is 0 Å². The predicted octanol–water partition coefficient (Wildman–Crippen LogP) is 1.51. The van der Waals surface area contributed by atoms with Crippen LogP contribution in [0, 0.1) is 0 Å². The summed E-state index contributed by atoms with van der Waals surface area (Å²) in [5, 5.41) is 10.0. The largest absolute Gasteiger partial charge is 0.387 e. The topological polar surface area (TPSA) is 29.6 Å². The molecule has 0 radical (unpaired) electrons. The highest BCUT2D eigenvalue weighted by Gasteiger charge is 2.26. The van der Waals surface area contributed by atoms with Crippen molar-refractivity contribution in [1.29, 1.82) is 0 Å². The molecule has 0 aliphatic heterocycles. The zero-order valence-electron chi connectivity index (χ0n) is 12.4. The second-order valence-corrected chi connectivity index (χ2v) is 6.05. The van der Waals surface area contributed by atoms with E-state index in [1.54, 1.807) is 4.90 Å². The van der Waals surface area contributed by atoms with Crippen molar-refractivity contribution in [3.8, 4) is 0 Å². The highest BCUT2D eigenvalue weighted by Crippen LogP contribution is 2.16. The van der Waals surface area contributed by atoms with Crippen LogP contribution < -0.4 is 4.90 Å². The molecule has 19 heavy (non-hydrogen) atoms. The lowest BCUT2D eigenvalue weighted by Gasteiger charge is -2.32. The van der Waals surface area contributed by atoms with E-state index >= 15 is 0 Å². The van der Waals surface area contributed by atoms with Crippen LogP contribution in [0.25, 0.3) is 0 Å². The minimum absolute atomic E-state index is 0.155. The summed E-state index contributed by atoms with van der Waals surface area (Å²) in [5.41, 5.74) is 1.38. The van der Waals surface area contributed by atoms with Gasteiger partial charge in [0.2, 0.25) is 0 Å². The van der Waals surface area contributed by atoms with Crippen LogP contribution in [-0.4, -0.2) is 28.4 Å². The first-order valence-corrected chi connectivity index (χ1v) is 7.83. The van der Waals surface area contributed by atoms with E-state index in [9.17, 15) is 5.11 Å². The predicted molar refractivity (Wildman–Crippen MR) is 78.1 cm³/mol. The van der Waals surface area contributed by atoms with Gasteiger partial charge in [-0.15, -0.1) is 0 Å². The normalized spacial score (nSPS) is 20.4. The highest BCUT2D eigenvalue weighted by atomic mass is 16.3. The van der Waals surface area contributed by atoms with Gasteiger partial charge in [-0.05, 0) is 44.2 Å². The molecule has 1 aliphatic rings. The maximum absolute atomic E-state index is 10.0. The smallest absolute Gasteiger partial charge is 0.118 e. The molecular formula is C16H29N2O+. The number of aromatic nitrogens is 1. The number of aliphatic hydroxyl groups excluding tert-OH is 1. The third kappa shape index (κ3) is 4.08. The van der Waals surface area contributed by atoms with Crippen LogP contribution in [0.15, 0.2) is 18.3 Å². The van der Waals surface area contributed by atoms with Crippen LogP contribution in [-0.2, 0) is 13.6 Å². The summed E-state index contributed by atoms with van der Waals surface area (Å²) in [5.74, 6) is 0. The van der Waals surface area contributed by atoms with Gasteiger partial charge in [0.25, 0.3) is 0 Å². The molecule has 2 N–H and O–H groups in total. The molecule has 1 aliphatic carbocycles. The van der Waals surface area contributed by atoms with E-state index < -0.39 is 0 Å².